The lowest BCUT2D eigenvalue weighted by Crippen LogP contribution is -2.37. The highest BCUT2D eigenvalue weighted by Crippen LogP contribution is 2.34. The highest BCUT2D eigenvalue weighted by molar-refractivity contribution is 5.68. The Bertz CT molecular complexity index is 753. The molecule has 0 aliphatic carbocycles. The zero-order valence-electron chi connectivity index (χ0n) is 15.4. The second-order valence-electron chi connectivity index (χ2n) is 8.06. The first-order chi connectivity index (χ1) is 12.4. The molecule has 2 aromatic heterocycles. The van der Waals surface area contributed by atoms with Crippen LogP contribution in [-0.2, 0) is 4.74 Å². The average Bonchev–Trinajstić information content (AvgIpc) is 3.29. The number of rotatable bonds is 2. The summed E-state index contributed by atoms with van der Waals surface area (Å²) in [6.07, 6.45) is 1.42. The summed E-state index contributed by atoms with van der Waals surface area (Å²) in [7, 11) is 0. The molecule has 7 nitrogen and oxygen atoms in total. The van der Waals surface area contributed by atoms with Gasteiger partial charge in [-0.2, -0.15) is 0 Å². The molecule has 0 N–H and O–H groups in total. The Morgan fingerprint density at radius 3 is 2.38 bits per heavy atom. The predicted octanol–water partition coefficient (Wildman–Crippen LogP) is 3.04. The lowest BCUT2D eigenvalue weighted by Gasteiger charge is -2.26. The first-order valence-corrected chi connectivity index (χ1v) is 8.99. The lowest BCUT2D eigenvalue weighted by molar-refractivity contribution is 0.0282. The zero-order chi connectivity index (χ0) is 18.3. The standard InChI is InChI=1S/C19H24N4O3/c1-19(2,3)26-18(24)23-11-13-9-22(10-14(13)12-23)17-7-6-15(20-21-17)16-5-4-8-25-16/h4-8,13-14H,9-12H2,1-3H3/t13-,14-/m1/s1. The van der Waals surface area contributed by atoms with E-state index in [1.165, 1.54) is 0 Å². The van der Waals surface area contributed by atoms with Crippen LogP contribution in [0.5, 0.6) is 0 Å². The highest BCUT2D eigenvalue weighted by atomic mass is 16.6. The molecule has 2 aromatic rings. The Kier molecular flexibility index (Phi) is 4.09. The summed E-state index contributed by atoms with van der Waals surface area (Å²) in [5.41, 5.74) is 0.279. The molecule has 2 aliphatic heterocycles. The van der Waals surface area contributed by atoms with Gasteiger partial charge in [-0.3, -0.25) is 0 Å². The van der Waals surface area contributed by atoms with Gasteiger partial charge in [0.1, 0.15) is 11.3 Å². The Labute approximate surface area is 152 Å². The van der Waals surface area contributed by atoms with Crippen LogP contribution in [0, 0.1) is 11.8 Å². The van der Waals surface area contributed by atoms with Crippen LogP contribution in [0.3, 0.4) is 0 Å². The first-order valence-electron chi connectivity index (χ1n) is 8.99. The van der Waals surface area contributed by atoms with Crippen molar-refractivity contribution in [1.82, 2.24) is 15.1 Å². The molecule has 0 unspecified atom stereocenters. The number of hydrogen-bond acceptors (Lipinski definition) is 6. The third kappa shape index (κ3) is 3.38. The van der Waals surface area contributed by atoms with E-state index in [1.54, 1.807) is 6.26 Å². The van der Waals surface area contributed by atoms with Crippen LogP contribution in [0.1, 0.15) is 20.8 Å². The van der Waals surface area contributed by atoms with Crippen molar-refractivity contribution >= 4 is 11.9 Å². The number of fused-ring (bicyclic) bond motifs is 1. The maximum absolute atomic E-state index is 12.3. The Balaban J connectivity index is 1.37. The number of nitrogens with zero attached hydrogens (tertiary/aromatic N) is 4. The molecule has 2 fully saturated rings. The summed E-state index contributed by atoms with van der Waals surface area (Å²) in [4.78, 5) is 16.3. The molecule has 0 bridgehead atoms. The highest BCUT2D eigenvalue weighted by Gasteiger charge is 2.43. The van der Waals surface area contributed by atoms with Crippen LogP contribution in [0.2, 0.25) is 0 Å². The average molecular weight is 356 g/mol. The van der Waals surface area contributed by atoms with Crippen LogP contribution in [0.15, 0.2) is 34.9 Å². The molecule has 4 rings (SSSR count). The van der Waals surface area contributed by atoms with Gasteiger partial charge in [-0.05, 0) is 45.0 Å². The third-order valence-corrected chi connectivity index (χ3v) is 4.89. The van der Waals surface area contributed by atoms with Gasteiger partial charge in [0.25, 0.3) is 0 Å². The molecule has 2 aliphatic rings. The van der Waals surface area contributed by atoms with Crippen molar-refractivity contribution in [2.45, 2.75) is 26.4 Å². The van der Waals surface area contributed by atoms with Crippen LogP contribution in [0.25, 0.3) is 11.5 Å². The number of furan rings is 1. The van der Waals surface area contributed by atoms with Gasteiger partial charge >= 0.3 is 6.09 Å². The van der Waals surface area contributed by atoms with Gasteiger partial charge in [0.15, 0.2) is 11.6 Å². The molecule has 7 heteroatoms. The number of anilines is 1. The Hall–Kier alpha value is -2.57. The van der Waals surface area contributed by atoms with Gasteiger partial charge in [0.2, 0.25) is 0 Å². The smallest absolute Gasteiger partial charge is 0.410 e. The minimum Gasteiger partial charge on any atom is -0.463 e. The molecular formula is C19H24N4O3. The largest absolute Gasteiger partial charge is 0.463 e. The number of amides is 1. The fourth-order valence-electron chi connectivity index (χ4n) is 3.71. The number of carbonyl (C=O) groups is 1. The SMILES string of the molecule is CC(C)(C)OC(=O)N1C[C@H]2CN(c3ccc(-c4ccco4)nn3)C[C@@H]2C1. The van der Waals surface area contributed by atoms with Crippen molar-refractivity contribution in [3.63, 3.8) is 0 Å². The second kappa shape index (κ2) is 6.30. The summed E-state index contributed by atoms with van der Waals surface area (Å²) in [6.45, 7) is 8.96. The maximum atomic E-state index is 12.3. The number of hydrogen-bond donors (Lipinski definition) is 0. The Morgan fingerprint density at radius 1 is 1.12 bits per heavy atom. The Morgan fingerprint density at radius 2 is 1.85 bits per heavy atom. The number of aromatic nitrogens is 2. The molecule has 1 amide bonds. The van der Waals surface area contributed by atoms with Crippen LogP contribution in [0.4, 0.5) is 10.6 Å². The summed E-state index contributed by atoms with van der Waals surface area (Å²) < 4.78 is 10.8. The molecular weight excluding hydrogens is 332 g/mol. The molecule has 0 aromatic carbocycles. The molecule has 26 heavy (non-hydrogen) atoms. The van der Waals surface area contributed by atoms with Gasteiger partial charge in [0.05, 0.1) is 6.26 Å². The van der Waals surface area contributed by atoms with Crippen molar-refractivity contribution in [2.75, 3.05) is 31.1 Å². The number of likely N-dealkylation sites (tertiary alicyclic amines) is 1. The molecule has 0 spiro atoms. The van der Waals surface area contributed by atoms with Crippen LogP contribution >= 0.6 is 0 Å². The van der Waals surface area contributed by atoms with E-state index in [4.69, 9.17) is 9.15 Å². The normalized spacial score (nSPS) is 22.6. The van der Waals surface area contributed by atoms with Gasteiger partial charge in [-0.15, -0.1) is 10.2 Å². The monoisotopic (exact) mass is 356 g/mol. The number of carbonyl (C=O) groups excluding carboxylic acids is 1. The van der Waals surface area contributed by atoms with Crippen molar-refractivity contribution in [1.29, 1.82) is 0 Å². The minimum absolute atomic E-state index is 0.207. The van der Waals surface area contributed by atoms with Crippen molar-refractivity contribution in [2.24, 2.45) is 11.8 Å². The molecule has 0 radical (unpaired) electrons. The zero-order valence-corrected chi connectivity index (χ0v) is 15.4. The fourth-order valence-corrected chi connectivity index (χ4v) is 3.71. The topological polar surface area (TPSA) is 71.7 Å². The molecule has 0 saturated carbocycles. The minimum atomic E-state index is -0.452. The molecule has 2 atom stereocenters. The van der Waals surface area contributed by atoms with E-state index in [0.29, 0.717) is 11.8 Å². The summed E-state index contributed by atoms with van der Waals surface area (Å²) in [5.74, 6) is 2.50. The quantitative estimate of drug-likeness (QED) is 0.824. The molecule has 4 heterocycles. The van der Waals surface area contributed by atoms with Crippen molar-refractivity contribution < 1.29 is 13.9 Å². The van der Waals surface area contributed by atoms with Gasteiger partial charge in [-0.1, -0.05) is 0 Å². The molecule has 138 valence electrons. The van der Waals surface area contributed by atoms with Gasteiger partial charge < -0.3 is 19.0 Å². The van der Waals surface area contributed by atoms with Gasteiger partial charge in [0, 0.05) is 38.0 Å². The second-order valence-corrected chi connectivity index (χ2v) is 8.06. The summed E-state index contributed by atoms with van der Waals surface area (Å²) >= 11 is 0. The predicted molar refractivity (Wildman–Crippen MR) is 96.7 cm³/mol. The van der Waals surface area contributed by atoms with Gasteiger partial charge in [-0.25, -0.2) is 4.79 Å². The van der Waals surface area contributed by atoms with E-state index < -0.39 is 5.60 Å². The summed E-state index contributed by atoms with van der Waals surface area (Å²) in [5, 5.41) is 8.63. The van der Waals surface area contributed by atoms with Crippen LogP contribution < -0.4 is 4.90 Å². The van der Waals surface area contributed by atoms with Crippen molar-refractivity contribution in [3.05, 3.63) is 30.5 Å². The summed E-state index contributed by atoms with van der Waals surface area (Å²) in [6, 6.07) is 7.62. The molecule has 2 saturated heterocycles. The van der Waals surface area contributed by atoms with E-state index >= 15 is 0 Å². The third-order valence-electron chi connectivity index (χ3n) is 4.89. The van der Waals surface area contributed by atoms with E-state index in [0.717, 1.165) is 43.5 Å². The van der Waals surface area contributed by atoms with E-state index in [-0.39, 0.29) is 6.09 Å². The van der Waals surface area contributed by atoms with Crippen LogP contribution in [-0.4, -0.2) is 53.0 Å². The van der Waals surface area contributed by atoms with E-state index in [9.17, 15) is 4.79 Å². The lowest BCUT2D eigenvalue weighted by atomic mass is 10.0. The maximum Gasteiger partial charge on any atom is 0.410 e. The first kappa shape index (κ1) is 16.9. The number of ether oxygens (including phenoxy) is 1. The van der Waals surface area contributed by atoms with E-state index in [1.807, 2.05) is 49.9 Å². The van der Waals surface area contributed by atoms with E-state index in [2.05, 4.69) is 15.1 Å². The fraction of sp³-hybridized carbons (Fsp3) is 0.526. The van der Waals surface area contributed by atoms with Crippen molar-refractivity contribution in [3.8, 4) is 11.5 Å².